The zero-order valence-corrected chi connectivity index (χ0v) is 10.5. The van der Waals surface area contributed by atoms with Crippen LogP contribution in [0.2, 0.25) is 0 Å². The number of rotatable bonds is 2. The average molecular weight is 240 g/mol. The van der Waals surface area contributed by atoms with Crippen molar-refractivity contribution in [3.8, 4) is 0 Å². The minimum atomic E-state index is -0.0372. The van der Waals surface area contributed by atoms with Gasteiger partial charge in [-0.25, -0.2) is 0 Å². The molecule has 0 bridgehead atoms. The molecule has 2 aromatic rings. The van der Waals surface area contributed by atoms with Crippen LogP contribution in [0.5, 0.6) is 0 Å². The molecule has 0 saturated heterocycles. The number of nitrogen functional groups attached to an aromatic ring is 2. The molecule has 0 fully saturated rings. The molecule has 3 nitrogen and oxygen atoms in total. The van der Waals surface area contributed by atoms with Gasteiger partial charge in [0, 0.05) is 11.1 Å². The first-order valence-electron chi connectivity index (χ1n) is 5.76. The second-order valence-electron chi connectivity index (χ2n) is 4.47. The molecule has 0 radical (unpaired) electrons. The summed E-state index contributed by atoms with van der Waals surface area (Å²) in [6.07, 6.45) is 0. The Morgan fingerprint density at radius 2 is 1.44 bits per heavy atom. The highest BCUT2D eigenvalue weighted by Gasteiger charge is 2.10. The minimum Gasteiger partial charge on any atom is -0.397 e. The summed E-state index contributed by atoms with van der Waals surface area (Å²) in [6, 6.07) is 10.6. The largest absolute Gasteiger partial charge is 0.397 e. The number of carbonyl (C=O) groups excluding carboxylic acids is 1. The van der Waals surface area contributed by atoms with E-state index in [-0.39, 0.29) is 5.78 Å². The van der Waals surface area contributed by atoms with Gasteiger partial charge in [0.15, 0.2) is 5.78 Å². The number of hydrogen-bond acceptors (Lipinski definition) is 3. The van der Waals surface area contributed by atoms with Gasteiger partial charge in [-0.1, -0.05) is 12.1 Å². The van der Waals surface area contributed by atoms with Crippen LogP contribution >= 0.6 is 0 Å². The first-order chi connectivity index (χ1) is 8.49. The van der Waals surface area contributed by atoms with Gasteiger partial charge in [-0.3, -0.25) is 4.79 Å². The molecule has 0 unspecified atom stereocenters. The molecule has 92 valence electrons. The first kappa shape index (κ1) is 12.2. The van der Waals surface area contributed by atoms with Crippen LogP contribution in [0, 0.1) is 13.8 Å². The van der Waals surface area contributed by atoms with Crippen molar-refractivity contribution in [1.82, 2.24) is 0 Å². The van der Waals surface area contributed by atoms with Crippen molar-refractivity contribution >= 4 is 17.2 Å². The van der Waals surface area contributed by atoms with Crippen LogP contribution < -0.4 is 11.5 Å². The smallest absolute Gasteiger partial charge is 0.193 e. The van der Waals surface area contributed by atoms with Crippen LogP contribution in [0.25, 0.3) is 0 Å². The number of ketones is 1. The van der Waals surface area contributed by atoms with E-state index in [9.17, 15) is 4.79 Å². The van der Waals surface area contributed by atoms with Crippen molar-refractivity contribution < 1.29 is 4.79 Å². The van der Waals surface area contributed by atoms with Crippen molar-refractivity contribution in [3.63, 3.8) is 0 Å². The van der Waals surface area contributed by atoms with E-state index in [1.54, 1.807) is 18.2 Å². The van der Waals surface area contributed by atoms with E-state index >= 15 is 0 Å². The third kappa shape index (κ3) is 2.20. The second-order valence-corrected chi connectivity index (χ2v) is 4.47. The normalized spacial score (nSPS) is 10.3. The molecule has 0 amide bonds. The molecule has 18 heavy (non-hydrogen) atoms. The predicted octanol–water partition coefficient (Wildman–Crippen LogP) is 2.70. The van der Waals surface area contributed by atoms with Gasteiger partial charge in [-0.05, 0) is 49.2 Å². The quantitative estimate of drug-likeness (QED) is 0.626. The molecule has 2 aromatic carbocycles. The third-order valence-electron chi connectivity index (χ3n) is 3.12. The maximum absolute atomic E-state index is 12.3. The Labute approximate surface area is 106 Å². The number of nitrogens with two attached hydrogens (primary N) is 2. The highest BCUT2D eigenvalue weighted by molar-refractivity contribution is 6.09. The summed E-state index contributed by atoms with van der Waals surface area (Å²) in [5.41, 5.74) is 15.8. The van der Waals surface area contributed by atoms with Crippen LogP contribution in [-0.4, -0.2) is 5.78 Å². The summed E-state index contributed by atoms with van der Waals surface area (Å²) in [4.78, 5) is 12.3. The van der Waals surface area contributed by atoms with Crippen molar-refractivity contribution in [2.45, 2.75) is 13.8 Å². The maximum Gasteiger partial charge on any atom is 0.193 e. The van der Waals surface area contributed by atoms with E-state index < -0.39 is 0 Å². The van der Waals surface area contributed by atoms with Gasteiger partial charge >= 0.3 is 0 Å². The molecule has 0 spiro atoms. The maximum atomic E-state index is 12.3. The highest BCUT2D eigenvalue weighted by atomic mass is 16.1. The van der Waals surface area contributed by atoms with Crippen molar-refractivity contribution in [1.29, 1.82) is 0 Å². The lowest BCUT2D eigenvalue weighted by Crippen LogP contribution is -2.04. The minimum absolute atomic E-state index is 0.0372. The summed E-state index contributed by atoms with van der Waals surface area (Å²) in [7, 11) is 0. The van der Waals surface area contributed by atoms with Crippen LogP contribution in [0.1, 0.15) is 27.0 Å². The first-order valence-corrected chi connectivity index (χ1v) is 5.76. The van der Waals surface area contributed by atoms with Crippen molar-refractivity contribution in [2.75, 3.05) is 11.5 Å². The lowest BCUT2D eigenvalue weighted by molar-refractivity contribution is 0.103. The molecule has 0 aliphatic rings. The second kappa shape index (κ2) is 4.53. The van der Waals surface area contributed by atoms with Gasteiger partial charge in [-0.15, -0.1) is 0 Å². The topological polar surface area (TPSA) is 69.1 Å². The Bertz CT molecular complexity index is 564. The molecule has 0 saturated carbocycles. The molecular weight excluding hydrogens is 224 g/mol. The van der Waals surface area contributed by atoms with Crippen LogP contribution in [0.4, 0.5) is 11.4 Å². The van der Waals surface area contributed by atoms with Crippen molar-refractivity contribution in [2.24, 2.45) is 0 Å². The molecule has 0 aliphatic carbocycles. The summed E-state index contributed by atoms with van der Waals surface area (Å²) in [5, 5.41) is 0. The predicted molar refractivity (Wildman–Crippen MR) is 74.6 cm³/mol. The van der Waals surface area contributed by atoms with Gasteiger partial charge in [0.2, 0.25) is 0 Å². The molecule has 0 atom stereocenters. The molecule has 3 heteroatoms. The number of aryl methyl sites for hydroxylation is 2. The van der Waals surface area contributed by atoms with Gasteiger partial charge in [0.25, 0.3) is 0 Å². The monoisotopic (exact) mass is 240 g/mol. The highest BCUT2D eigenvalue weighted by Crippen LogP contribution is 2.19. The average Bonchev–Trinajstić information content (AvgIpc) is 2.35. The Kier molecular flexibility index (Phi) is 3.06. The SMILES string of the molecule is Cc1ccc(C(=O)c2ccc(N)c(N)c2)cc1C. The Balaban J connectivity index is 2.41. The Morgan fingerprint density at radius 1 is 0.833 bits per heavy atom. The molecule has 2 rings (SSSR count). The third-order valence-corrected chi connectivity index (χ3v) is 3.12. The lowest BCUT2D eigenvalue weighted by atomic mass is 9.99. The van der Waals surface area contributed by atoms with E-state index in [4.69, 9.17) is 11.5 Å². The number of anilines is 2. The van der Waals surface area contributed by atoms with Gasteiger partial charge in [0.05, 0.1) is 11.4 Å². The summed E-state index contributed by atoms with van der Waals surface area (Å²) in [6.45, 7) is 4.01. The van der Waals surface area contributed by atoms with Gasteiger partial charge < -0.3 is 11.5 Å². The van der Waals surface area contributed by atoms with Crippen molar-refractivity contribution in [3.05, 3.63) is 58.7 Å². The fraction of sp³-hybridized carbons (Fsp3) is 0.133. The standard InChI is InChI=1S/C15H16N2O/c1-9-3-4-11(7-10(9)2)15(18)12-5-6-13(16)14(17)8-12/h3-8H,16-17H2,1-2H3. The molecule has 0 aromatic heterocycles. The summed E-state index contributed by atoms with van der Waals surface area (Å²) < 4.78 is 0. The Hall–Kier alpha value is -2.29. The van der Waals surface area contributed by atoms with E-state index in [0.717, 1.165) is 5.56 Å². The Morgan fingerprint density at radius 3 is 2.06 bits per heavy atom. The number of carbonyl (C=O) groups is 1. The zero-order chi connectivity index (χ0) is 13.3. The van der Waals surface area contributed by atoms with E-state index in [0.29, 0.717) is 22.5 Å². The molecular formula is C15H16N2O. The number of hydrogen-bond donors (Lipinski definition) is 2. The summed E-state index contributed by atoms with van der Waals surface area (Å²) in [5.74, 6) is -0.0372. The fourth-order valence-corrected chi connectivity index (χ4v) is 1.77. The fourth-order valence-electron chi connectivity index (χ4n) is 1.77. The van der Waals surface area contributed by atoms with E-state index in [2.05, 4.69) is 0 Å². The van der Waals surface area contributed by atoms with Crippen LogP contribution in [0.3, 0.4) is 0 Å². The van der Waals surface area contributed by atoms with E-state index in [1.807, 2.05) is 32.0 Å². The summed E-state index contributed by atoms with van der Waals surface area (Å²) >= 11 is 0. The lowest BCUT2D eigenvalue weighted by Gasteiger charge is -2.06. The van der Waals surface area contributed by atoms with Gasteiger partial charge in [-0.2, -0.15) is 0 Å². The molecule has 4 N–H and O–H groups in total. The molecule has 0 aliphatic heterocycles. The van der Waals surface area contributed by atoms with E-state index in [1.165, 1.54) is 5.56 Å². The van der Waals surface area contributed by atoms with Crippen LogP contribution in [-0.2, 0) is 0 Å². The zero-order valence-electron chi connectivity index (χ0n) is 10.5. The van der Waals surface area contributed by atoms with Gasteiger partial charge in [0.1, 0.15) is 0 Å². The number of benzene rings is 2. The molecule has 0 heterocycles. The van der Waals surface area contributed by atoms with Crippen LogP contribution in [0.15, 0.2) is 36.4 Å².